The van der Waals surface area contributed by atoms with Crippen LogP contribution in [0.2, 0.25) is 0 Å². The normalized spacial score (nSPS) is 16.0. The fraction of sp³-hybridized carbons (Fsp3) is 0.333. The molecule has 5 nitrogen and oxygen atoms in total. The molecule has 1 saturated heterocycles. The van der Waals surface area contributed by atoms with E-state index in [4.69, 9.17) is 4.74 Å². The van der Waals surface area contributed by atoms with Crippen LogP contribution in [-0.2, 0) is 27.8 Å². The molecule has 1 aliphatic rings. The standard InChI is InChI=1S/C18H21FN2O3S/c19-17-7-3-4-8-18(17)25(22,23)20-13-15-5-1-2-6-16(15)14-21-9-11-24-12-10-21/h1-8,20H,9-14H2. The first-order valence-corrected chi connectivity index (χ1v) is 9.66. The summed E-state index contributed by atoms with van der Waals surface area (Å²) in [7, 11) is -3.90. The number of nitrogens with zero attached hydrogens (tertiary/aromatic N) is 1. The van der Waals surface area contributed by atoms with Crippen molar-refractivity contribution in [3.63, 3.8) is 0 Å². The molecule has 0 aliphatic carbocycles. The molecule has 0 saturated carbocycles. The molecule has 0 radical (unpaired) electrons. The molecule has 0 amide bonds. The number of sulfonamides is 1. The van der Waals surface area contributed by atoms with Crippen LogP contribution in [0.3, 0.4) is 0 Å². The summed E-state index contributed by atoms with van der Waals surface area (Å²) in [6.45, 7) is 3.99. The molecular formula is C18H21FN2O3S. The zero-order valence-electron chi connectivity index (χ0n) is 13.8. The second-order valence-corrected chi connectivity index (χ2v) is 7.65. The first-order valence-electron chi connectivity index (χ1n) is 8.17. The zero-order chi connectivity index (χ0) is 17.7. The van der Waals surface area contributed by atoms with Crippen molar-refractivity contribution in [2.75, 3.05) is 26.3 Å². The van der Waals surface area contributed by atoms with Gasteiger partial charge in [0.1, 0.15) is 10.7 Å². The minimum atomic E-state index is -3.90. The quantitative estimate of drug-likeness (QED) is 0.853. The second kappa shape index (κ2) is 8.05. The molecule has 1 N–H and O–H groups in total. The number of rotatable bonds is 6. The van der Waals surface area contributed by atoms with Crippen molar-refractivity contribution in [2.24, 2.45) is 0 Å². The van der Waals surface area contributed by atoms with Crippen LogP contribution in [0.5, 0.6) is 0 Å². The number of halogens is 1. The average molecular weight is 364 g/mol. The molecule has 7 heteroatoms. The Morgan fingerprint density at radius 3 is 2.36 bits per heavy atom. The SMILES string of the molecule is O=S(=O)(NCc1ccccc1CN1CCOCC1)c1ccccc1F. The van der Waals surface area contributed by atoms with Crippen LogP contribution >= 0.6 is 0 Å². The molecule has 0 bridgehead atoms. The van der Waals surface area contributed by atoms with Crippen LogP contribution in [0.1, 0.15) is 11.1 Å². The number of hydrogen-bond acceptors (Lipinski definition) is 4. The maximum Gasteiger partial charge on any atom is 0.243 e. The second-order valence-electron chi connectivity index (χ2n) is 5.91. The van der Waals surface area contributed by atoms with Gasteiger partial charge < -0.3 is 4.74 Å². The first kappa shape index (κ1) is 18.0. The molecule has 0 atom stereocenters. The van der Waals surface area contributed by atoms with Gasteiger partial charge in [0.15, 0.2) is 0 Å². The molecule has 25 heavy (non-hydrogen) atoms. The van der Waals surface area contributed by atoms with E-state index < -0.39 is 15.8 Å². The van der Waals surface area contributed by atoms with Crippen molar-refractivity contribution < 1.29 is 17.5 Å². The van der Waals surface area contributed by atoms with Crippen molar-refractivity contribution >= 4 is 10.0 Å². The van der Waals surface area contributed by atoms with Gasteiger partial charge in [0.2, 0.25) is 10.0 Å². The lowest BCUT2D eigenvalue weighted by atomic mass is 10.1. The number of hydrogen-bond donors (Lipinski definition) is 1. The van der Waals surface area contributed by atoms with Gasteiger partial charge in [-0.25, -0.2) is 17.5 Å². The summed E-state index contributed by atoms with van der Waals surface area (Å²) >= 11 is 0. The van der Waals surface area contributed by atoms with Crippen LogP contribution in [0.15, 0.2) is 53.4 Å². The van der Waals surface area contributed by atoms with Gasteiger partial charge in [0.05, 0.1) is 13.2 Å². The molecule has 0 aromatic heterocycles. The lowest BCUT2D eigenvalue weighted by Gasteiger charge is -2.27. The van der Waals surface area contributed by atoms with Gasteiger partial charge in [0.25, 0.3) is 0 Å². The van der Waals surface area contributed by atoms with E-state index in [1.807, 2.05) is 24.3 Å². The molecule has 0 unspecified atom stereocenters. The minimum absolute atomic E-state index is 0.122. The van der Waals surface area contributed by atoms with Crippen molar-refractivity contribution in [1.82, 2.24) is 9.62 Å². The smallest absolute Gasteiger partial charge is 0.243 e. The van der Waals surface area contributed by atoms with Crippen LogP contribution in [0.4, 0.5) is 4.39 Å². The van der Waals surface area contributed by atoms with Gasteiger partial charge in [-0.15, -0.1) is 0 Å². The van der Waals surface area contributed by atoms with Crippen LogP contribution in [0, 0.1) is 5.82 Å². The minimum Gasteiger partial charge on any atom is -0.379 e. The van der Waals surface area contributed by atoms with E-state index in [0.29, 0.717) is 13.2 Å². The highest BCUT2D eigenvalue weighted by Gasteiger charge is 2.19. The summed E-state index contributed by atoms with van der Waals surface area (Å²) in [5.41, 5.74) is 1.94. The van der Waals surface area contributed by atoms with Crippen molar-refractivity contribution in [3.8, 4) is 0 Å². The third-order valence-corrected chi connectivity index (χ3v) is 5.63. The van der Waals surface area contributed by atoms with Gasteiger partial charge in [-0.05, 0) is 23.3 Å². The highest BCUT2D eigenvalue weighted by Crippen LogP contribution is 2.16. The topological polar surface area (TPSA) is 58.6 Å². The number of ether oxygens (including phenoxy) is 1. The van der Waals surface area contributed by atoms with E-state index in [2.05, 4.69) is 9.62 Å². The Morgan fingerprint density at radius 2 is 1.64 bits per heavy atom. The number of nitrogens with one attached hydrogen (secondary N) is 1. The van der Waals surface area contributed by atoms with E-state index in [1.165, 1.54) is 18.2 Å². The van der Waals surface area contributed by atoms with Gasteiger partial charge in [-0.2, -0.15) is 0 Å². The molecule has 3 rings (SSSR count). The summed E-state index contributed by atoms with van der Waals surface area (Å²) in [6.07, 6.45) is 0. The molecule has 2 aromatic rings. The van der Waals surface area contributed by atoms with Crippen molar-refractivity contribution in [2.45, 2.75) is 18.0 Å². The Morgan fingerprint density at radius 1 is 1.00 bits per heavy atom. The molecule has 0 spiro atoms. The van der Waals surface area contributed by atoms with Gasteiger partial charge in [-0.3, -0.25) is 4.90 Å². The Hall–Kier alpha value is -1.80. The lowest BCUT2D eigenvalue weighted by Crippen LogP contribution is -2.36. The first-order chi connectivity index (χ1) is 12.1. The van der Waals surface area contributed by atoms with Gasteiger partial charge >= 0.3 is 0 Å². The third-order valence-electron chi connectivity index (χ3n) is 4.19. The summed E-state index contributed by atoms with van der Waals surface area (Å²) in [4.78, 5) is 1.94. The maximum atomic E-state index is 13.8. The molecule has 1 aliphatic heterocycles. The molecule has 1 fully saturated rings. The Balaban J connectivity index is 1.72. The largest absolute Gasteiger partial charge is 0.379 e. The Bertz CT molecular complexity index is 821. The molecule has 134 valence electrons. The Labute approximate surface area is 147 Å². The zero-order valence-corrected chi connectivity index (χ0v) is 14.6. The summed E-state index contributed by atoms with van der Waals surface area (Å²) in [6, 6.07) is 13.1. The summed E-state index contributed by atoms with van der Waals surface area (Å²) in [5.74, 6) is -0.753. The summed E-state index contributed by atoms with van der Waals surface area (Å²) in [5, 5.41) is 0. The Kier molecular flexibility index (Phi) is 5.80. The highest BCUT2D eigenvalue weighted by atomic mass is 32.2. The summed E-state index contributed by atoms with van der Waals surface area (Å²) < 4.78 is 46.3. The van der Waals surface area contributed by atoms with E-state index in [-0.39, 0.29) is 11.4 Å². The lowest BCUT2D eigenvalue weighted by molar-refractivity contribution is 0.0341. The predicted octanol–water partition coefficient (Wildman–Crippen LogP) is 2.14. The predicted molar refractivity (Wildman–Crippen MR) is 93.0 cm³/mol. The number of benzene rings is 2. The average Bonchev–Trinajstić information content (AvgIpc) is 2.62. The van der Waals surface area contributed by atoms with E-state index in [9.17, 15) is 12.8 Å². The van der Waals surface area contributed by atoms with E-state index in [1.54, 1.807) is 0 Å². The van der Waals surface area contributed by atoms with E-state index in [0.717, 1.165) is 36.8 Å². The molecule has 2 aromatic carbocycles. The fourth-order valence-electron chi connectivity index (χ4n) is 2.80. The van der Waals surface area contributed by atoms with Crippen LogP contribution in [0.25, 0.3) is 0 Å². The molecule has 1 heterocycles. The van der Waals surface area contributed by atoms with Gasteiger partial charge in [-0.1, -0.05) is 36.4 Å². The fourth-order valence-corrected chi connectivity index (χ4v) is 3.88. The van der Waals surface area contributed by atoms with E-state index >= 15 is 0 Å². The monoisotopic (exact) mass is 364 g/mol. The third kappa shape index (κ3) is 4.64. The van der Waals surface area contributed by atoms with Crippen LogP contribution in [-0.4, -0.2) is 39.6 Å². The number of morpholine rings is 1. The van der Waals surface area contributed by atoms with Crippen molar-refractivity contribution in [3.05, 3.63) is 65.5 Å². The van der Waals surface area contributed by atoms with Crippen molar-refractivity contribution in [1.29, 1.82) is 0 Å². The van der Waals surface area contributed by atoms with Gasteiger partial charge in [0, 0.05) is 26.2 Å². The maximum absolute atomic E-state index is 13.8. The highest BCUT2D eigenvalue weighted by molar-refractivity contribution is 7.89. The van der Waals surface area contributed by atoms with Crippen LogP contribution < -0.4 is 4.72 Å². The molecular weight excluding hydrogens is 343 g/mol.